The van der Waals surface area contributed by atoms with Gasteiger partial charge in [-0.3, -0.25) is 9.78 Å². The van der Waals surface area contributed by atoms with Gasteiger partial charge in [-0.05, 0) is 25.0 Å². The Balaban J connectivity index is 1.91. The molecule has 1 aliphatic carbocycles. The monoisotopic (exact) mass is 206 g/mol. The van der Waals surface area contributed by atoms with Gasteiger partial charge in [0.1, 0.15) is 0 Å². The lowest BCUT2D eigenvalue weighted by molar-refractivity contribution is -0.146. The summed E-state index contributed by atoms with van der Waals surface area (Å²) in [5, 5.41) is 3.22. The first-order chi connectivity index (χ1) is 7.27. The standard InChI is InChI=1S/C11H14N2O2/c1-15-10(14)11(4-5-11)8-13-9-2-6-12-7-3-9/h2-3,6-7H,4-5,8H2,1H3,(H,12,13). The smallest absolute Gasteiger partial charge is 0.313 e. The van der Waals surface area contributed by atoms with Crippen LogP contribution in [0.5, 0.6) is 0 Å². The van der Waals surface area contributed by atoms with Crippen molar-refractivity contribution in [2.45, 2.75) is 12.8 Å². The third kappa shape index (κ3) is 2.09. The molecule has 1 aromatic heterocycles. The fourth-order valence-electron chi connectivity index (χ4n) is 1.56. The molecule has 0 amide bonds. The molecular weight excluding hydrogens is 192 g/mol. The molecule has 1 aliphatic rings. The first-order valence-corrected chi connectivity index (χ1v) is 4.99. The molecule has 0 aromatic carbocycles. The third-order valence-corrected chi connectivity index (χ3v) is 2.78. The van der Waals surface area contributed by atoms with Gasteiger partial charge in [0.05, 0.1) is 12.5 Å². The maximum Gasteiger partial charge on any atom is 0.313 e. The van der Waals surface area contributed by atoms with Crippen molar-refractivity contribution in [1.82, 2.24) is 4.98 Å². The minimum Gasteiger partial charge on any atom is -0.469 e. The van der Waals surface area contributed by atoms with Crippen LogP contribution in [0.1, 0.15) is 12.8 Å². The Kier molecular flexibility index (Phi) is 2.58. The molecule has 0 spiro atoms. The number of ether oxygens (including phenoxy) is 1. The van der Waals surface area contributed by atoms with E-state index in [2.05, 4.69) is 10.3 Å². The number of rotatable bonds is 4. The molecule has 0 atom stereocenters. The molecule has 15 heavy (non-hydrogen) atoms. The summed E-state index contributed by atoms with van der Waals surface area (Å²) < 4.78 is 4.77. The number of pyridine rings is 1. The van der Waals surface area contributed by atoms with Gasteiger partial charge in [0.15, 0.2) is 0 Å². The maximum atomic E-state index is 11.4. The molecule has 0 saturated heterocycles. The highest BCUT2D eigenvalue weighted by Gasteiger charge is 2.50. The lowest BCUT2D eigenvalue weighted by Crippen LogP contribution is -2.25. The highest BCUT2D eigenvalue weighted by molar-refractivity contribution is 5.80. The maximum absolute atomic E-state index is 11.4. The average molecular weight is 206 g/mol. The quantitative estimate of drug-likeness (QED) is 0.757. The SMILES string of the molecule is COC(=O)C1(CNc2ccncc2)CC1. The molecule has 0 bridgehead atoms. The summed E-state index contributed by atoms with van der Waals surface area (Å²) in [6.45, 7) is 0.643. The molecule has 1 fully saturated rings. The van der Waals surface area contributed by atoms with E-state index in [-0.39, 0.29) is 11.4 Å². The second-order valence-electron chi connectivity index (χ2n) is 3.86. The Morgan fingerprint density at radius 1 is 1.53 bits per heavy atom. The van der Waals surface area contributed by atoms with E-state index in [9.17, 15) is 4.79 Å². The zero-order valence-electron chi connectivity index (χ0n) is 8.69. The predicted octanol–water partition coefficient (Wildman–Crippen LogP) is 1.45. The molecule has 4 heteroatoms. The molecule has 0 aliphatic heterocycles. The van der Waals surface area contributed by atoms with Crippen LogP contribution in [0.2, 0.25) is 0 Å². The number of hydrogen-bond donors (Lipinski definition) is 1. The molecule has 2 rings (SSSR count). The molecule has 4 nitrogen and oxygen atoms in total. The first-order valence-electron chi connectivity index (χ1n) is 4.99. The minimum atomic E-state index is -0.280. The van der Waals surface area contributed by atoms with Crippen LogP contribution in [0, 0.1) is 5.41 Å². The van der Waals surface area contributed by atoms with Gasteiger partial charge in [0, 0.05) is 24.6 Å². The summed E-state index contributed by atoms with van der Waals surface area (Å²) >= 11 is 0. The number of carbonyl (C=O) groups excluding carboxylic acids is 1. The minimum absolute atomic E-state index is 0.107. The molecule has 1 N–H and O–H groups in total. The molecule has 1 aromatic rings. The van der Waals surface area contributed by atoms with Gasteiger partial charge in [-0.1, -0.05) is 0 Å². The van der Waals surface area contributed by atoms with E-state index in [4.69, 9.17) is 4.74 Å². The zero-order chi connectivity index (χ0) is 10.7. The van der Waals surface area contributed by atoms with Gasteiger partial charge < -0.3 is 10.1 Å². The van der Waals surface area contributed by atoms with E-state index < -0.39 is 0 Å². The number of esters is 1. The van der Waals surface area contributed by atoms with E-state index in [1.807, 2.05) is 12.1 Å². The Hall–Kier alpha value is -1.58. The fourth-order valence-corrected chi connectivity index (χ4v) is 1.56. The van der Waals surface area contributed by atoms with Crippen molar-refractivity contribution in [2.24, 2.45) is 5.41 Å². The van der Waals surface area contributed by atoms with Gasteiger partial charge in [0.25, 0.3) is 0 Å². The largest absolute Gasteiger partial charge is 0.469 e. The Morgan fingerprint density at radius 2 is 2.20 bits per heavy atom. The van der Waals surface area contributed by atoms with E-state index in [1.54, 1.807) is 12.4 Å². The molecule has 0 unspecified atom stereocenters. The van der Waals surface area contributed by atoms with Crippen LogP contribution in [-0.4, -0.2) is 24.6 Å². The van der Waals surface area contributed by atoms with Gasteiger partial charge in [-0.25, -0.2) is 0 Å². The number of hydrogen-bond acceptors (Lipinski definition) is 4. The summed E-state index contributed by atoms with van der Waals surface area (Å²) in [6.07, 6.45) is 5.27. The van der Waals surface area contributed by atoms with Gasteiger partial charge in [-0.15, -0.1) is 0 Å². The van der Waals surface area contributed by atoms with Gasteiger partial charge >= 0.3 is 5.97 Å². The zero-order valence-corrected chi connectivity index (χ0v) is 8.69. The van der Waals surface area contributed by atoms with Gasteiger partial charge in [0.2, 0.25) is 0 Å². The van der Waals surface area contributed by atoms with Crippen LogP contribution >= 0.6 is 0 Å². The second-order valence-corrected chi connectivity index (χ2v) is 3.86. The predicted molar refractivity (Wildman–Crippen MR) is 56.4 cm³/mol. The summed E-state index contributed by atoms with van der Waals surface area (Å²) in [4.78, 5) is 15.4. The van der Waals surface area contributed by atoms with Crippen LogP contribution in [0.4, 0.5) is 5.69 Å². The Labute approximate surface area is 88.7 Å². The molecule has 1 saturated carbocycles. The normalized spacial score (nSPS) is 16.9. The van der Waals surface area contributed by atoms with Crippen molar-refractivity contribution in [3.63, 3.8) is 0 Å². The van der Waals surface area contributed by atoms with Crippen LogP contribution < -0.4 is 5.32 Å². The molecular formula is C11H14N2O2. The van der Waals surface area contributed by atoms with Crippen molar-refractivity contribution in [3.8, 4) is 0 Å². The number of nitrogens with one attached hydrogen (secondary N) is 1. The second kappa shape index (κ2) is 3.88. The molecule has 80 valence electrons. The summed E-state index contributed by atoms with van der Waals surface area (Å²) in [6, 6.07) is 3.76. The van der Waals surface area contributed by atoms with Crippen molar-refractivity contribution in [3.05, 3.63) is 24.5 Å². The van der Waals surface area contributed by atoms with E-state index in [0.29, 0.717) is 6.54 Å². The molecule has 0 radical (unpaired) electrons. The Bertz CT molecular complexity index is 347. The van der Waals surface area contributed by atoms with E-state index >= 15 is 0 Å². The number of carbonyl (C=O) groups is 1. The third-order valence-electron chi connectivity index (χ3n) is 2.78. The van der Waals surface area contributed by atoms with E-state index in [0.717, 1.165) is 18.5 Å². The highest BCUT2D eigenvalue weighted by Crippen LogP contribution is 2.46. The number of aromatic nitrogens is 1. The fraction of sp³-hybridized carbons (Fsp3) is 0.455. The van der Waals surface area contributed by atoms with E-state index in [1.165, 1.54) is 7.11 Å². The van der Waals surface area contributed by atoms with Crippen molar-refractivity contribution >= 4 is 11.7 Å². The average Bonchev–Trinajstić information content (AvgIpc) is 3.08. The Morgan fingerprint density at radius 3 is 2.73 bits per heavy atom. The lowest BCUT2D eigenvalue weighted by Gasteiger charge is -2.13. The number of methoxy groups -OCH3 is 1. The van der Waals surface area contributed by atoms with Crippen LogP contribution in [0.25, 0.3) is 0 Å². The topological polar surface area (TPSA) is 51.2 Å². The first kappa shape index (κ1) is 9.96. The van der Waals surface area contributed by atoms with Crippen molar-refractivity contribution in [1.29, 1.82) is 0 Å². The lowest BCUT2D eigenvalue weighted by atomic mass is 10.1. The van der Waals surface area contributed by atoms with Crippen LogP contribution in [0.3, 0.4) is 0 Å². The molecule has 1 heterocycles. The van der Waals surface area contributed by atoms with Gasteiger partial charge in [-0.2, -0.15) is 0 Å². The summed E-state index contributed by atoms with van der Waals surface area (Å²) in [5.74, 6) is -0.107. The van der Waals surface area contributed by atoms with Crippen LogP contribution in [-0.2, 0) is 9.53 Å². The number of nitrogens with zero attached hydrogens (tertiary/aromatic N) is 1. The van der Waals surface area contributed by atoms with Crippen molar-refractivity contribution < 1.29 is 9.53 Å². The summed E-state index contributed by atoms with van der Waals surface area (Å²) in [7, 11) is 1.44. The summed E-state index contributed by atoms with van der Waals surface area (Å²) in [5.41, 5.74) is 0.707. The number of anilines is 1. The van der Waals surface area contributed by atoms with Crippen molar-refractivity contribution in [2.75, 3.05) is 19.0 Å². The highest BCUT2D eigenvalue weighted by atomic mass is 16.5. The van der Waals surface area contributed by atoms with Crippen LogP contribution in [0.15, 0.2) is 24.5 Å².